The average molecular weight is 788 g/mol. The van der Waals surface area contributed by atoms with Gasteiger partial charge in [-0.1, -0.05) is 51.5 Å². The van der Waals surface area contributed by atoms with E-state index in [1.54, 1.807) is 34.3 Å². The van der Waals surface area contributed by atoms with Crippen molar-refractivity contribution < 1.29 is 48.3 Å². The van der Waals surface area contributed by atoms with Crippen LogP contribution in [0.15, 0.2) is 36.0 Å². The summed E-state index contributed by atoms with van der Waals surface area (Å²) in [6.45, 7) is 16.3. The van der Waals surface area contributed by atoms with Gasteiger partial charge in [0.25, 0.3) is 11.7 Å². The summed E-state index contributed by atoms with van der Waals surface area (Å²) >= 11 is 0. The zero-order valence-electron chi connectivity index (χ0n) is 35.7. The molecule has 0 unspecified atom stereocenters. The van der Waals surface area contributed by atoms with Gasteiger partial charge >= 0.3 is 0 Å². The van der Waals surface area contributed by atoms with Crippen molar-refractivity contribution in [2.75, 3.05) is 34.5 Å². The van der Waals surface area contributed by atoms with Gasteiger partial charge in [-0.05, 0) is 101 Å². The van der Waals surface area contributed by atoms with Gasteiger partial charge in [-0.2, -0.15) is 0 Å². The van der Waals surface area contributed by atoms with Crippen LogP contribution in [0.5, 0.6) is 0 Å². The first-order valence-corrected chi connectivity index (χ1v) is 21.2. The maximum absolute atomic E-state index is 14.2. The van der Waals surface area contributed by atoms with Gasteiger partial charge in [0.1, 0.15) is 11.9 Å². The third-order valence-corrected chi connectivity index (χ3v) is 13.3. The van der Waals surface area contributed by atoms with Crippen molar-refractivity contribution in [2.24, 2.45) is 35.5 Å². The summed E-state index contributed by atoms with van der Waals surface area (Å²) in [6, 6.07) is -0.438. The molecule has 3 fully saturated rings. The Morgan fingerprint density at radius 3 is 2.30 bits per heavy atom. The number of carbonyl (C=O) groups excluding carboxylic acids is 3. The number of hydrogen-bond acceptors (Lipinski definition) is 10. The van der Waals surface area contributed by atoms with Gasteiger partial charge < -0.3 is 38.8 Å². The highest BCUT2D eigenvalue weighted by molar-refractivity contribution is 6.38. The zero-order chi connectivity index (χ0) is 41.3. The van der Waals surface area contributed by atoms with Crippen molar-refractivity contribution in [1.29, 1.82) is 0 Å². The van der Waals surface area contributed by atoms with E-state index in [9.17, 15) is 24.6 Å². The molecule has 2 saturated heterocycles. The molecule has 4 rings (SSSR count). The highest BCUT2D eigenvalue weighted by atomic mass is 16.7. The molecule has 56 heavy (non-hydrogen) atoms. The second kappa shape index (κ2) is 21.1. The van der Waals surface area contributed by atoms with Gasteiger partial charge in [0, 0.05) is 52.0 Å². The number of aliphatic hydroxyl groups is 2. The van der Waals surface area contributed by atoms with Gasteiger partial charge in [-0.25, -0.2) is 0 Å². The smallest absolute Gasteiger partial charge is 0.296 e. The molecule has 3 heterocycles. The summed E-state index contributed by atoms with van der Waals surface area (Å²) in [4.78, 5) is 43.9. The Bertz CT molecular complexity index is 1400. The minimum atomic E-state index is -2.37. The van der Waals surface area contributed by atoms with Crippen LogP contribution < -0.4 is 0 Å². The Balaban J connectivity index is 1.74. The van der Waals surface area contributed by atoms with Crippen molar-refractivity contribution in [2.45, 2.75) is 161 Å². The first-order valence-electron chi connectivity index (χ1n) is 21.2. The van der Waals surface area contributed by atoms with E-state index in [0.717, 1.165) is 36.8 Å². The lowest BCUT2D eigenvalue weighted by Crippen LogP contribution is -2.64. The fourth-order valence-corrected chi connectivity index (χ4v) is 9.78. The number of fused-ring (bicyclic) bond motifs is 3. The third-order valence-electron chi connectivity index (χ3n) is 13.3. The largest absolute Gasteiger partial charge is 0.392 e. The SMILES string of the molecule is C=CC[C@@H]1/C=C(\C)C[C@H](C)C[C@H](OC)[C@H]2O[C@@](O)(C(=O)C(=O)N3CCCC[C@H]3CO[C@H](/C(C)=C/[C@@H]3CC[C@@H](C)[C@H](OC)C3)[C@H](C)[C@@H](O)CC1=O)[C@H](C)C[C@@H]2OC. The first-order chi connectivity index (χ1) is 26.6. The van der Waals surface area contributed by atoms with Gasteiger partial charge in [0.15, 0.2) is 0 Å². The number of aliphatic hydroxyl groups excluding tert-OH is 1. The third kappa shape index (κ3) is 11.3. The molecule has 14 atom stereocenters. The number of rotatable bonds is 7. The number of Topliss-reactive ketones (excluding diaryl/α,β-unsaturated/α-hetero) is 2. The Morgan fingerprint density at radius 2 is 1.64 bits per heavy atom. The predicted octanol–water partition coefficient (Wildman–Crippen LogP) is 6.39. The topological polar surface area (TPSA) is 141 Å². The fourth-order valence-electron chi connectivity index (χ4n) is 9.78. The standard InChI is InChI=1S/C45H73NO10/c1-11-14-34-20-27(2)19-28(3)21-39(53-9)42-40(54-10)23-31(6)45(51,56-42)43(49)44(50)46-18-13-12-15-35(46)26-55-41(32(7)36(47)25-37(34)48)30(5)22-33-17-16-29(4)38(24-33)52-8/h11,20,22,28-29,31-36,38-42,47,51H,1,12-19,21,23-26H2,2-10H3/b27-20+,30-22+/t28-,29+,31+,32+,33-,34+,35-,36-,38+,39-,40-,41+,42+,45+/m0/s1. The Labute approximate surface area is 336 Å². The maximum atomic E-state index is 14.2. The van der Waals surface area contributed by atoms with E-state index >= 15 is 0 Å². The van der Waals surface area contributed by atoms with E-state index in [-0.39, 0.29) is 36.8 Å². The summed E-state index contributed by atoms with van der Waals surface area (Å²) in [5.41, 5.74) is 1.98. The molecule has 318 valence electrons. The quantitative estimate of drug-likeness (QED) is 0.221. The molecule has 1 amide bonds. The van der Waals surface area contributed by atoms with Crippen molar-refractivity contribution in [1.82, 2.24) is 4.90 Å². The predicted molar refractivity (Wildman–Crippen MR) is 216 cm³/mol. The van der Waals surface area contributed by atoms with Crippen LogP contribution in [0.4, 0.5) is 0 Å². The van der Waals surface area contributed by atoms with E-state index in [0.29, 0.717) is 51.0 Å². The highest BCUT2D eigenvalue weighted by Crippen LogP contribution is 2.39. The lowest BCUT2D eigenvalue weighted by Gasteiger charge is -2.47. The molecule has 0 radical (unpaired) electrons. The minimum Gasteiger partial charge on any atom is -0.392 e. The average Bonchev–Trinajstić information content (AvgIpc) is 3.17. The molecule has 0 aromatic heterocycles. The molecular weight excluding hydrogens is 714 g/mol. The molecule has 3 aliphatic heterocycles. The Morgan fingerprint density at radius 1 is 0.964 bits per heavy atom. The molecule has 4 aliphatic rings. The van der Waals surface area contributed by atoms with Gasteiger partial charge in [-0.15, -0.1) is 6.58 Å². The number of carbonyl (C=O) groups is 3. The molecule has 2 N–H and O–H groups in total. The summed E-state index contributed by atoms with van der Waals surface area (Å²) in [7, 11) is 4.91. The van der Waals surface area contributed by atoms with Crippen molar-refractivity contribution in [3.8, 4) is 0 Å². The lowest BCUT2D eigenvalue weighted by atomic mass is 9.79. The van der Waals surface area contributed by atoms with Crippen LogP contribution in [0.25, 0.3) is 0 Å². The van der Waals surface area contributed by atoms with E-state index in [1.807, 2.05) is 26.8 Å². The van der Waals surface area contributed by atoms with E-state index in [4.69, 9.17) is 23.7 Å². The molecule has 11 nitrogen and oxygen atoms in total. The zero-order valence-corrected chi connectivity index (χ0v) is 35.7. The van der Waals surface area contributed by atoms with Crippen LogP contribution in [-0.2, 0) is 38.1 Å². The van der Waals surface area contributed by atoms with Gasteiger partial charge in [-0.3, -0.25) is 14.4 Å². The molecule has 0 aromatic carbocycles. The van der Waals surface area contributed by atoms with Crippen LogP contribution in [0.2, 0.25) is 0 Å². The number of nitrogens with zero attached hydrogens (tertiary/aromatic N) is 1. The van der Waals surface area contributed by atoms with Crippen LogP contribution >= 0.6 is 0 Å². The van der Waals surface area contributed by atoms with E-state index in [1.165, 1.54) is 4.90 Å². The second-order valence-corrected chi connectivity index (χ2v) is 17.7. The number of amides is 1. The molecule has 0 aromatic rings. The van der Waals surface area contributed by atoms with Crippen LogP contribution in [0.1, 0.15) is 112 Å². The Hall–Kier alpha value is -2.25. The Kier molecular flexibility index (Phi) is 17.5. The summed E-state index contributed by atoms with van der Waals surface area (Å²) in [5, 5.41) is 23.8. The number of methoxy groups -OCH3 is 3. The van der Waals surface area contributed by atoms with Crippen molar-refractivity contribution in [3.63, 3.8) is 0 Å². The number of ether oxygens (including phenoxy) is 5. The number of hydrogen-bond donors (Lipinski definition) is 2. The van der Waals surface area contributed by atoms with Gasteiger partial charge in [0.05, 0.1) is 43.2 Å². The van der Waals surface area contributed by atoms with Crippen molar-refractivity contribution >= 4 is 17.5 Å². The van der Waals surface area contributed by atoms with Crippen LogP contribution in [-0.4, -0.2) is 116 Å². The summed E-state index contributed by atoms with van der Waals surface area (Å²) < 4.78 is 30.7. The van der Waals surface area contributed by atoms with E-state index in [2.05, 4.69) is 26.5 Å². The van der Waals surface area contributed by atoms with Crippen molar-refractivity contribution in [3.05, 3.63) is 36.0 Å². The van der Waals surface area contributed by atoms with Gasteiger partial charge in [0.2, 0.25) is 5.79 Å². The number of piperidine rings is 1. The minimum absolute atomic E-state index is 0.0404. The molecule has 1 aliphatic carbocycles. The highest BCUT2D eigenvalue weighted by Gasteiger charge is 2.56. The molecule has 1 saturated carbocycles. The number of allylic oxidation sites excluding steroid dienone is 4. The van der Waals surface area contributed by atoms with E-state index < -0.39 is 71.8 Å². The fraction of sp³-hybridized carbons (Fsp3) is 0.800. The summed E-state index contributed by atoms with van der Waals surface area (Å²) in [5.74, 6) is -5.03. The molecule has 0 spiro atoms. The number of ketones is 2. The second-order valence-electron chi connectivity index (χ2n) is 17.7. The molecule has 11 heteroatoms. The normalized spacial score (nSPS) is 41.6. The van der Waals surface area contributed by atoms with Crippen LogP contribution in [0.3, 0.4) is 0 Å². The first kappa shape index (κ1) is 46.4. The van der Waals surface area contributed by atoms with Crippen LogP contribution in [0, 0.1) is 35.5 Å². The maximum Gasteiger partial charge on any atom is 0.296 e. The molecule has 2 bridgehead atoms. The monoisotopic (exact) mass is 788 g/mol. The summed E-state index contributed by atoms with van der Waals surface area (Å²) in [6.07, 6.45) is 9.74. The lowest BCUT2D eigenvalue weighted by molar-refractivity contribution is -0.302. The molecular formula is C45H73NO10.